The highest BCUT2D eigenvalue weighted by Crippen LogP contribution is 2.24. The largest absolute Gasteiger partial charge is 0.342 e. The first kappa shape index (κ1) is 23.4. The molecule has 2 aromatic rings. The number of aryl methyl sites for hydroxylation is 1. The number of piperidine rings is 2. The molecule has 0 bridgehead atoms. The number of carbonyl (C=O) groups excluding carboxylic acids is 2. The van der Waals surface area contributed by atoms with E-state index in [0.717, 1.165) is 69.5 Å². The molecule has 0 spiro atoms. The van der Waals surface area contributed by atoms with E-state index in [0.29, 0.717) is 12.1 Å². The van der Waals surface area contributed by atoms with Crippen molar-refractivity contribution in [3.8, 4) is 0 Å². The van der Waals surface area contributed by atoms with Gasteiger partial charge in [-0.25, -0.2) is 0 Å². The molecule has 0 aliphatic carbocycles. The van der Waals surface area contributed by atoms with Crippen molar-refractivity contribution < 1.29 is 9.59 Å². The molecule has 2 amide bonds. The highest BCUT2D eigenvalue weighted by Gasteiger charge is 2.33. The topological polar surface area (TPSA) is 56.8 Å². The molecule has 2 fully saturated rings. The second-order valence-electron chi connectivity index (χ2n) is 9.55. The molecule has 0 saturated carbocycles. The van der Waals surface area contributed by atoms with Crippen LogP contribution < -0.4 is 0 Å². The average Bonchev–Trinajstić information content (AvgIpc) is 2.87. The molecular weight excluding hydrogens is 412 g/mol. The summed E-state index contributed by atoms with van der Waals surface area (Å²) in [5.41, 5.74) is 2.98. The number of benzene rings is 1. The fourth-order valence-electron chi connectivity index (χ4n) is 5.06. The Balaban J connectivity index is 1.26. The van der Waals surface area contributed by atoms with Gasteiger partial charge in [-0.1, -0.05) is 23.8 Å². The fraction of sp³-hybridized carbons (Fsp3) is 0.519. The molecule has 1 aromatic carbocycles. The summed E-state index contributed by atoms with van der Waals surface area (Å²) in [5.74, 6) is 0.139. The van der Waals surface area contributed by atoms with Crippen molar-refractivity contribution >= 4 is 11.8 Å². The second-order valence-corrected chi connectivity index (χ2v) is 9.55. The van der Waals surface area contributed by atoms with Crippen LogP contribution in [-0.4, -0.2) is 77.3 Å². The van der Waals surface area contributed by atoms with Gasteiger partial charge in [0.25, 0.3) is 5.91 Å². The van der Waals surface area contributed by atoms with E-state index in [1.807, 2.05) is 66.4 Å². The van der Waals surface area contributed by atoms with Crippen molar-refractivity contribution in [1.29, 1.82) is 0 Å². The van der Waals surface area contributed by atoms with Crippen LogP contribution in [0.1, 0.15) is 47.3 Å². The Hall–Kier alpha value is -2.73. The van der Waals surface area contributed by atoms with Gasteiger partial charge >= 0.3 is 0 Å². The van der Waals surface area contributed by atoms with Gasteiger partial charge in [0.15, 0.2) is 0 Å². The minimum atomic E-state index is -0.0969. The van der Waals surface area contributed by atoms with E-state index in [1.54, 1.807) is 0 Å². The predicted octanol–water partition coefficient (Wildman–Crippen LogP) is 3.41. The van der Waals surface area contributed by atoms with Gasteiger partial charge in [-0.15, -0.1) is 0 Å². The monoisotopic (exact) mass is 448 g/mol. The Morgan fingerprint density at radius 2 is 1.79 bits per heavy atom. The van der Waals surface area contributed by atoms with Crippen LogP contribution in [0.3, 0.4) is 0 Å². The quantitative estimate of drug-likeness (QED) is 0.680. The van der Waals surface area contributed by atoms with E-state index in [2.05, 4.69) is 16.0 Å². The fourth-order valence-corrected chi connectivity index (χ4v) is 5.06. The molecule has 2 aliphatic rings. The van der Waals surface area contributed by atoms with Crippen molar-refractivity contribution in [1.82, 2.24) is 19.7 Å². The van der Waals surface area contributed by atoms with Crippen molar-refractivity contribution in [2.75, 3.05) is 39.8 Å². The minimum Gasteiger partial charge on any atom is -0.342 e. The highest BCUT2D eigenvalue weighted by molar-refractivity contribution is 5.94. The lowest BCUT2D eigenvalue weighted by atomic mass is 9.94. The number of hydrogen-bond donors (Lipinski definition) is 0. The van der Waals surface area contributed by atoms with Crippen molar-refractivity contribution in [3.05, 3.63) is 65.5 Å². The standard InChI is InChI=1S/C27H36N4O2/c1-21-8-10-22(11-9-21)27(33)31-16-5-6-23(20-31)26(32)29(2)25-13-18-30(19-14-25)17-12-24-7-3-4-15-28-24/h3-4,7-11,15,23,25H,5-6,12-14,16-20H2,1-2H3. The third-order valence-electron chi connectivity index (χ3n) is 7.22. The van der Waals surface area contributed by atoms with Gasteiger partial charge in [-0.3, -0.25) is 14.6 Å². The molecule has 2 saturated heterocycles. The number of likely N-dealkylation sites (tertiary alicyclic amines) is 2. The third-order valence-corrected chi connectivity index (χ3v) is 7.22. The Morgan fingerprint density at radius 3 is 2.48 bits per heavy atom. The Labute approximate surface area is 197 Å². The van der Waals surface area contributed by atoms with E-state index >= 15 is 0 Å². The van der Waals surface area contributed by atoms with Gasteiger partial charge in [0.2, 0.25) is 5.91 Å². The second kappa shape index (κ2) is 10.9. The molecule has 0 N–H and O–H groups in total. The Kier molecular flexibility index (Phi) is 7.76. The maximum Gasteiger partial charge on any atom is 0.253 e. The lowest BCUT2D eigenvalue weighted by Gasteiger charge is -2.40. The summed E-state index contributed by atoms with van der Waals surface area (Å²) in [5, 5.41) is 0. The van der Waals surface area contributed by atoms with Gasteiger partial charge < -0.3 is 14.7 Å². The smallest absolute Gasteiger partial charge is 0.253 e. The molecule has 176 valence electrons. The lowest BCUT2D eigenvalue weighted by molar-refractivity contribution is -0.138. The van der Waals surface area contributed by atoms with Crippen molar-refractivity contribution in [2.45, 2.75) is 45.1 Å². The SMILES string of the molecule is Cc1ccc(C(=O)N2CCCC(C(=O)N(C)C3CCN(CCc4ccccn4)CC3)C2)cc1. The molecule has 6 heteroatoms. The third kappa shape index (κ3) is 5.99. The Morgan fingerprint density at radius 1 is 1.03 bits per heavy atom. The van der Waals surface area contributed by atoms with E-state index in [9.17, 15) is 9.59 Å². The van der Waals surface area contributed by atoms with Crippen LogP contribution in [0.25, 0.3) is 0 Å². The minimum absolute atomic E-state index is 0.0383. The van der Waals surface area contributed by atoms with Gasteiger partial charge in [-0.05, 0) is 56.9 Å². The summed E-state index contributed by atoms with van der Waals surface area (Å²) < 4.78 is 0. The van der Waals surface area contributed by atoms with Gasteiger partial charge in [0, 0.05) is 69.7 Å². The van der Waals surface area contributed by atoms with Gasteiger partial charge in [-0.2, -0.15) is 0 Å². The van der Waals surface area contributed by atoms with Crippen LogP contribution in [0.2, 0.25) is 0 Å². The summed E-state index contributed by atoms with van der Waals surface area (Å²) in [4.78, 5) is 37.0. The van der Waals surface area contributed by atoms with Crippen LogP contribution in [0.5, 0.6) is 0 Å². The number of aromatic nitrogens is 1. The zero-order chi connectivity index (χ0) is 23.2. The van der Waals surface area contributed by atoms with Crippen LogP contribution in [-0.2, 0) is 11.2 Å². The maximum absolute atomic E-state index is 13.3. The maximum atomic E-state index is 13.3. The number of nitrogens with zero attached hydrogens (tertiary/aromatic N) is 4. The first-order chi connectivity index (χ1) is 16.0. The number of rotatable bonds is 6. The van der Waals surface area contributed by atoms with Crippen molar-refractivity contribution in [3.63, 3.8) is 0 Å². The highest BCUT2D eigenvalue weighted by atomic mass is 16.2. The molecule has 4 rings (SSSR count). The van der Waals surface area contributed by atoms with E-state index < -0.39 is 0 Å². The number of carbonyl (C=O) groups is 2. The van der Waals surface area contributed by atoms with Crippen LogP contribution in [0.4, 0.5) is 0 Å². The molecule has 1 unspecified atom stereocenters. The summed E-state index contributed by atoms with van der Waals surface area (Å²) in [6.45, 7) is 6.31. The molecule has 6 nitrogen and oxygen atoms in total. The number of amides is 2. The van der Waals surface area contributed by atoms with Crippen LogP contribution >= 0.6 is 0 Å². The van der Waals surface area contributed by atoms with Crippen molar-refractivity contribution in [2.24, 2.45) is 5.92 Å². The molecular formula is C27H36N4O2. The van der Waals surface area contributed by atoms with E-state index in [1.165, 1.54) is 0 Å². The summed E-state index contributed by atoms with van der Waals surface area (Å²) >= 11 is 0. The van der Waals surface area contributed by atoms with Crippen LogP contribution in [0.15, 0.2) is 48.7 Å². The summed E-state index contributed by atoms with van der Waals surface area (Å²) in [6, 6.07) is 14.1. The zero-order valence-electron chi connectivity index (χ0n) is 19.9. The predicted molar refractivity (Wildman–Crippen MR) is 130 cm³/mol. The summed E-state index contributed by atoms with van der Waals surface area (Å²) in [7, 11) is 1.96. The van der Waals surface area contributed by atoms with Crippen LogP contribution in [0, 0.1) is 12.8 Å². The van der Waals surface area contributed by atoms with Gasteiger partial charge in [0.05, 0.1) is 5.92 Å². The molecule has 1 aromatic heterocycles. The Bertz CT molecular complexity index is 923. The number of pyridine rings is 1. The number of hydrogen-bond acceptors (Lipinski definition) is 4. The summed E-state index contributed by atoms with van der Waals surface area (Å²) in [6.07, 6.45) is 6.57. The van der Waals surface area contributed by atoms with E-state index in [-0.39, 0.29) is 23.8 Å². The average molecular weight is 449 g/mol. The molecule has 2 aliphatic heterocycles. The lowest BCUT2D eigenvalue weighted by Crippen LogP contribution is -2.51. The van der Waals surface area contributed by atoms with Gasteiger partial charge in [0.1, 0.15) is 0 Å². The zero-order valence-corrected chi connectivity index (χ0v) is 19.9. The molecule has 0 radical (unpaired) electrons. The van der Waals surface area contributed by atoms with E-state index in [4.69, 9.17) is 0 Å². The molecule has 1 atom stereocenters. The first-order valence-corrected chi connectivity index (χ1v) is 12.3. The first-order valence-electron chi connectivity index (χ1n) is 12.3. The normalized spacial score (nSPS) is 19.9. The molecule has 33 heavy (non-hydrogen) atoms. The molecule has 3 heterocycles.